The van der Waals surface area contributed by atoms with E-state index in [1.54, 1.807) is 12.1 Å². The van der Waals surface area contributed by atoms with E-state index in [4.69, 9.17) is 11.6 Å². The van der Waals surface area contributed by atoms with E-state index in [-0.39, 0.29) is 23.9 Å². The van der Waals surface area contributed by atoms with Gasteiger partial charge < -0.3 is 10.6 Å². The summed E-state index contributed by atoms with van der Waals surface area (Å²) < 4.78 is 23.4. The molecule has 1 aromatic carbocycles. The molecule has 0 fully saturated rings. The molecule has 0 aliphatic carbocycles. The number of hydrogen-bond donors (Lipinski definition) is 2. The minimum Gasteiger partial charge on any atom is -0.355 e. The third-order valence-electron chi connectivity index (χ3n) is 2.63. The summed E-state index contributed by atoms with van der Waals surface area (Å²) in [6.07, 6.45) is 2.00. The predicted octanol–water partition coefficient (Wildman–Crippen LogP) is 1.36. The van der Waals surface area contributed by atoms with Gasteiger partial charge in [0.25, 0.3) is 0 Å². The molecule has 0 aliphatic heterocycles. The number of rotatable bonds is 7. The summed E-state index contributed by atoms with van der Waals surface area (Å²) >= 11 is 6.03. The number of sulfone groups is 1. The van der Waals surface area contributed by atoms with E-state index >= 15 is 0 Å². The summed E-state index contributed by atoms with van der Waals surface area (Å²) in [7, 11) is -3.35. The highest BCUT2D eigenvalue weighted by Crippen LogP contribution is 2.23. The van der Waals surface area contributed by atoms with E-state index in [1.807, 2.05) is 6.92 Å². The van der Waals surface area contributed by atoms with Crippen molar-refractivity contribution in [1.29, 1.82) is 0 Å². The number of carbonyl (C=O) groups is 1. The van der Waals surface area contributed by atoms with Gasteiger partial charge in [-0.05, 0) is 18.6 Å². The highest BCUT2D eigenvalue weighted by molar-refractivity contribution is 7.90. The van der Waals surface area contributed by atoms with Crippen molar-refractivity contribution in [2.24, 2.45) is 0 Å². The third kappa shape index (κ3) is 5.11. The second-order valence-corrected chi connectivity index (χ2v) is 6.83. The van der Waals surface area contributed by atoms with Gasteiger partial charge in [-0.3, -0.25) is 4.79 Å². The second kappa shape index (κ2) is 7.61. The largest absolute Gasteiger partial charge is 0.355 e. The molecule has 0 aromatic heterocycles. The Kier molecular flexibility index (Phi) is 6.45. The average molecular weight is 319 g/mol. The van der Waals surface area contributed by atoms with Crippen LogP contribution in [0.5, 0.6) is 0 Å². The molecule has 1 amide bonds. The summed E-state index contributed by atoms with van der Waals surface area (Å²) in [6, 6.07) is 4.73. The number of nitrogens with one attached hydrogen (secondary N) is 2. The lowest BCUT2D eigenvalue weighted by molar-refractivity contribution is -0.120. The molecule has 112 valence electrons. The molecule has 2 N–H and O–H groups in total. The summed E-state index contributed by atoms with van der Waals surface area (Å²) in [5, 5.41) is 6.00. The van der Waals surface area contributed by atoms with Crippen molar-refractivity contribution in [1.82, 2.24) is 10.6 Å². The molecular formula is C13H19ClN2O3S. The molecule has 0 spiro atoms. The molecule has 0 bridgehead atoms. The van der Waals surface area contributed by atoms with Crippen LogP contribution in [0.1, 0.15) is 18.9 Å². The highest BCUT2D eigenvalue weighted by atomic mass is 35.5. The van der Waals surface area contributed by atoms with Gasteiger partial charge in [0.1, 0.15) is 0 Å². The van der Waals surface area contributed by atoms with Crippen molar-refractivity contribution in [3.05, 3.63) is 28.8 Å². The average Bonchev–Trinajstić information content (AvgIpc) is 2.37. The second-order valence-electron chi connectivity index (χ2n) is 4.44. The molecule has 1 aromatic rings. The topological polar surface area (TPSA) is 75.3 Å². The van der Waals surface area contributed by atoms with Crippen LogP contribution in [0.2, 0.25) is 5.02 Å². The number of carbonyl (C=O) groups excluding carboxylic acids is 1. The van der Waals surface area contributed by atoms with Gasteiger partial charge in [-0.1, -0.05) is 24.6 Å². The van der Waals surface area contributed by atoms with Crippen molar-refractivity contribution in [2.45, 2.75) is 24.8 Å². The predicted molar refractivity (Wildman–Crippen MR) is 79.6 cm³/mol. The smallest absolute Gasteiger partial charge is 0.233 e. The van der Waals surface area contributed by atoms with Crippen LogP contribution in [0.4, 0.5) is 0 Å². The van der Waals surface area contributed by atoms with Crippen molar-refractivity contribution in [2.75, 3.05) is 19.3 Å². The number of halogens is 1. The molecule has 0 saturated heterocycles. The first-order valence-electron chi connectivity index (χ1n) is 6.31. The first-order valence-corrected chi connectivity index (χ1v) is 8.58. The Morgan fingerprint density at radius 2 is 2.05 bits per heavy atom. The maximum atomic E-state index is 11.7. The maximum Gasteiger partial charge on any atom is 0.233 e. The van der Waals surface area contributed by atoms with E-state index in [9.17, 15) is 13.2 Å². The zero-order valence-corrected chi connectivity index (χ0v) is 13.1. The van der Waals surface area contributed by atoms with Gasteiger partial charge in [-0.15, -0.1) is 0 Å². The van der Waals surface area contributed by atoms with E-state index in [0.717, 1.165) is 12.7 Å². The normalized spacial score (nSPS) is 11.3. The molecule has 5 nitrogen and oxygen atoms in total. The Hall–Kier alpha value is -1.11. The van der Waals surface area contributed by atoms with Crippen LogP contribution in [0.25, 0.3) is 0 Å². The number of hydrogen-bond acceptors (Lipinski definition) is 4. The fourth-order valence-electron chi connectivity index (χ4n) is 1.69. The van der Waals surface area contributed by atoms with Crippen LogP contribution in [-0.4, -0.2) is 33.7 Å². The molecule has 0 atom stereocenters. The Morgan fingerprint density at radius 3 is 2.65 bits per heavy atom. The van der Waals surface area contributed by atoms with Gasteiger partial charge >= 0.3 is 0 Å². The molecule has 1 rings (SSSR count). The lowest BCUT2D eigenvalue weighted by atomic mass is 10.2. The van der Waals surface area contributed by atoms with Crippen molar-refractivity contribution >= 4 is 27.3 Å². The monoisotopic (exact) mass is 318 g/mol. The number of amides is 1. The van der Waals surface area contributed by atoms with Crippen LogP contribution < -0.4 is 10.6 Å². The Labute approximate surface area is 124 Å². The standard InChI is InChI=1S/C13H19ClN2O3S/c1-3-7-16-13(17)9-15-8-10-11(14)5-4-6-12(10)20(2,18)19/h4-6,15H,3,7-9H2,1-2H3,(H,16,17). The SMILES string of the molecule is CCCNC(=O)CNCc1c(Cl)cccc1S(C)(=O)=O. The molecular weight excluding hydrogens is 300 g/mol. The Balaban J connectivity index is 2.71. The van der Waals surface area contributed by atoms with Crippen LogP contribution >= 0.6 is 11.6 Å². The summed E-state index contributed by atoms with van der Waals surface area (Å²) in [5.41, 5.74) is 0.486. The third-order valence-corrected chi connectivity index (χ3v) is 4.17. The molecule has 0 heterocycles. The first kappa shape index (κ1) is 16.9. The van der Waals surface area contributed by atoms with Crippen molar-refractivity contribution in [3.63, 3.8) is 0 Å². The van der Waals surface area contributed by atoms with Gasteiger partial charge in [-0.2, -0.15) is 0 Å². The quantitative estimate of drug-likeness (QED) is 0.796. The van der Waals surface area contributed by atoms with Crippen LogP contribution in [0, 0.1) is 0 Å². The fraction of sp³-hybridized carbons (Fsp3) is 0.462. The van der Waals surface area contributed by atoms with Gasteiger partial charge in [0.15, 0.2) is 9.84 Å². The molecule has 0 radical (unpaired) electrons. The zero-order valence-electron chi connectivity index (χ0n) is 11.6. The lowest BCUT2D eigenvalue weighted by Crippen LogP contribution is -2.34. The van der Waals surface area contributed by atoms with E-state index < -0.39 is 9.84 Å². The maximum absolute atomic E-state index is 11.7. The molecule has 0 aliphatic rings. The molecule has 20 heavy (non-hydrogen) atoms. The Morgan fingerprint density at radius 1 is 1.35 bits per heavy atom. The lowest BCUT2D eigenvalue weighted by Gasteiger charge is -2.11. The minimum absolute atomic E-state index is 0.119. The van der Waals surface area contributed by atoms with Gasteiger partial charge in [0.2, 0.25) is 5.91 Å². The van der Waals surface area contributed by atoms with E-state index in [0.29, 0.717) is 17.1 Å². The van der Waals surface area contributed by atoms with Crippen molar-refractivity contribution in [3.8, 4) is 0 Å². The van der Waals surface area contributed by atoms with E-state index in [1.165, 1.54) is 6.07 Å². The van der Waals surface area contributed by atoms with Crippen LogP contribution in [0.3, 0.4) is 0 Å². The summed E-state index contributed by atoms with van der Waals surface area (Å²) in [6.45, 7) is 2.94. The highest BCUT2D eigenvalue weighted by Gasteiger charge is 2.15. The fourth-order valence-corrected chi connectivity index (χ4v) is 2.94. The Bertz CT molecular complexity index is 573. The van der Waals surface area contributed by atoms with Gasteiger partial charge in [0, 0.05) is 29.9 Å². The van der Waals surface area contributed by atoms with Gasteiger partial charge in [0.05, 0.1) is 11.4 Å². The molecule has 0 unspecified atom stereocenters. The van der Waals surface area contributed by atoms with E-state index in [2.05, 4.69) is 10.6 Å². The minimum atomic E-state index is -3.35. The summed E-state index contributed by atoms with van der Waals surface area (Å²) in [5.74, 6) is -0.125. The van der Waals surface area contributed by atoms with Crippen molar-refractivity contribution < 1.29 is 13.2 Å². The molecule has 0 saturated carbocycles. The first-order chi connectivity index (χ1) is 9.36. The van der Waals surface area contributed by atoms with Gasteiger partial charge in [-0.25, -0.2) is 8.42 Å². The molecule has 7 heteroatoms. The van der Waals surface area contributed by atoms with Crippen LogP contribution in [-0.2, 0) is 21.2 Å². The van der Waals surface area contributed by atoms with Crippen LogP contribution in [0.15, 0.2) is 23.1 Å². The number of benzene rings is 1. The summed E-state index contributed by atoms with van der Waals surface area (Å²) in [4.78, 5) is 11.6. The zero-order chi connectivity index (χ0) is 15.2.